The van der Waals surface area contributed by atoms with E-state index in [-0.39, 0.29) is 12.5 Å². The number of nitrogens with zero attached hydrogens (tertiary/aromatic N) is 1. The summed E-state index contributed by atoms with van der Waals surface area (Å²) in [7, 11) is 0. The molecule has 0 atom stereocenters. The number of carbonyl (C=O) groups excluding carboxylic acids is 1. The van der Waals surface area contributed by atoms with E-state index in [0.29, 0.717) is 19.5 Å². The molecule has 0 bridgehead atoms. The molecule has 2 aromatic rings. The molecule has 0 aliphatic heterocycles. The van der Waals surface area contributed by atoms with Crippen LogP contribution in [-0.2, 0) is 17.8 Å². The Kier molecular flexibility index (Phi) is 5.96. The summed E-state index contributed by atoms with van der Waals surface area (Å²) in [6, 6.07) is 17.5. The third kappa shape index (κ3) is 4.99. The smallest absolute Gasteiger partial charge is 0.227 e. The van der Waals surface area contributed by atoms with Gasteiger partial charge in [-0.15, -0.1) is 0 Å². The van der Waals surface area contributed by atoms with Crippen LogP contribution in [0.25, 0.3) is 0 Å². The van der Waals surface area contributed by atoms with Gasteiger partial charge < -0.3 is 10.0 Å². The fourth-order valence-corrected chi connectivity index (χ4v) is 2.37. The topological polar surface area (TPSA) is 40.5 Å². The highest BCUT2D eigenvalue weighted by atomic mass is 79.9. The van der Waals surface area contributed by atoms with E-state index in [4.69, 9.17) is 5.11 Å². The van der Waals surface area contributed by atoms with Gasteiger partial charge in [0.15, 0.2) is 0 Å². The maximum Gasteiger partial charge on any atom is 0.227 e. The Hall–Kier alpha value is -1.65. The molecule has 3 nitrogen and oxygen atoms in total. The summed E-state index contributed by atoms with van der Waals surface area (Å²) < 4.78 is 0.996. The van der Waals surface area contributed by atoms with Gasteiger partial charge in [0.05, 0.1) is 13.0 Å². The summed E-state index contributed by atoms with van der Waals surface area (Å²) >= 11 is 3.38. The molecule has 0 saturated carbocycles. The SMILES string of the molecule is O=C(Cc1ccc(Br)cc1)N(CCO)Cc1ccccc1. The fraction of sp³-hybridized carbons (Fsp3) is 0.235. The molecule has 0 heterocycles. The van der Waals surface area contributed by atoms with Crippen LogP contribution >= 0.6 is 15.9 Å². The standard InChI is InChI=1S/C17H18BrNO2/c18-16-8-6-14(7-9-16)12-17(21)19(10-11-20)13-15-4-2-1-3-5-15/h1-9,20H,10-13H2. The molecule has 2 aromatic carbocycles. The Balaban J connectivity index is 2.03. The van der Waals surface area contributed by atoms with Crippen molar-refractivity contribution in [1.82, 2.24) is 4.90 Å². The number of amides is 1. The molecule has 0 radical (unpaired) electrons. The van der Waals surface area contributed by atoms with Crippen molar-refractivity contribution >= 4 is 21.8 Å². The second-order valence-corrected chi connectivity index (χ2v) is 5.74. The summed E-state index contributed by atoms with van der Waals surface area (Å²) in [5.74, 6) is 0.0234. The predicted octanol–water partition coefficient (Wildman–Crippen LogP) is 3.01. The van der Waals surface area contributed by atoms with Gasteiger partial charge in [-0.2, -0.15) is 0 Å². The minimum Gasteiger partial charge on any atom is -0.395 e. The van der Waals surface area contributed by atoms with Crippen molar-refractivity contribution in [2.24, 2.45) is 0 Å². The van der Waals surface area contributed by atoms with Crippen LogP contribution in [-0.4, -0.2) is 29.1 Å². The maximum absolute atomic E-state index is 12.4. The first-order chi connectivity index (χ1) is 10.2. The summed E-state index contributed by atoms with van der Waals surface area (Å²) in [4.78, 5) is 14.1. The van der Waals surface area contributed by atoms with Gasteiger partial charge in [0.1, 0.15) is 0 Å². The van der Waals surface area contributed by atoms with Crippen LogP contribution in [0.2, 0.25) is 0 Å². The van der Waals surface area contributed by atoms with E-state index in [2.05, 4.69) is 15.9 Å². The minimum absolute atomic E-state index is 0.0234. The van der Waals surface area contributed by atoms with Crippen LogP contribution in [0, 0.1) is 0 Å². The Bertz CT molecular complexity index is 569. The van der Waals surface area contributed by atoms with Crippen molar-refractivity contribution in [1.29, 1.82) is 0 Å². The minimum atomic E-state index is -0.0289. The van der Waals surface area contributed by atoms with Crippen molar-refractivity contribution in [2.75, 3.05) is 13.2 Å². The molecule has 0 aliphatic carbocycles. The number of aliphatic hydroxyl groups is 1. The molecule has 1 amide bonds. The highest BCUT2D eigenvalue weighted by Crippen LogP contribution is 2.12. The molecular weight excluding hydrogens is 330 g/mol. The highest BCUT2D eigenvalue weighted by molar-refractivity contribution is 9.10. The third-order valence-electron chi connectivity index (χ3n) is 3.21. The zero-order chi connectivity index (χ0) is 15.1. The van der Waals surface area contributed by atoms with Crippen LogP contribution < -0.4 is 0 Å². The number of hydrogen-bond donors (Lipinski definition) is 1. The Morgan fingerprint density at radius 3 is 2.29 bits per heavy atom. The van der Waals surface area contributed by atoms with E-state index >= 15 is 0 Å². The summed E-state index contributed by atoms with van der Waals surface area (Å²) in [5.41, 5.74) is 2.04. The Morgan fingerprint density at radius 1 is 1.00 bits per heavy atom. The molecule has 0 aromatic heterocycles. The van der Waals surface area contributed by atoms with Gasteiger partial charge in [-0.25, -0.2) is 0 Å². The van der Waals surface area contributed by atoms with Gasteiger partial charge in [0.25, 0.3) is 0 Å². The molecule has 0 spiro atoms. The second-order valence-electron chi connectivity index (χ2n) is 4.83. The van der Waals surface area contributed by atoms with Crippen LogP contribution in [0.15, 0.2) is 59.1 Å². The molecule has 2 rings (SSSR count). The highest BCUT2D eigenvalue weighted by Gasteiger charge is 2.14. The summed E-state index contributed by atoms with van der Waals surface area (Å²) in [6.45, 7) is 0.847. The molecule has 4 heteroatoms. The molecular formula is C17H18BrNO2. The van der Waals surface area contributed by atoms with Crippen LogP contribution in [0.3, 0.4) is 0 Å². The zero-order valence-electron chi connectivity index (χ0n) is 11.7. The van der Waals surface area contributed by atoms with E-state index < -0.39 is 0 Å². The van der Waals surface area contributed by atoms with Gasteiger partial charge >= 0.3 is 0 Å². The molecule has 0 unspecified atom stereocenters. The van der Waals surface area contributed by atoms with E-state index in [1.54, 1.807) is 4.90 Å². The van der Waals surface area contributed by atoms with E-state index in [0.717, 1.165) is 15.6 Å². The first kappa shape index (κ1) is 15.7. The first-order valence-corrected chi connectivity index (χ1v) is 7.65. The maximum atomic E-state index is 12.4. The first-order valence-electron chi connectivity index (χ1n) is 6.86. The summed E-state index contributed by atoms with van der Waals surface area (Å²) in [5, 5.41) is 9.17. The third-order valence-corrected chi connectivity index (χ3v) is 3.74. The summed E-state index contributed by atoms with van der Waals surface area (Å²) in [6.07, 6.45) is 0.347. The van der Waals surface area contributed by atoms with Crippen molar-refractivity contribution in [3.05, 3.63) is 70.2 Å². The van der Waals surface area contributed by atoms with Gasteiger partial charge in [-0.3, -0.25) is 4.79 Å². The lowest BCUT2D eigenvalue weighted by molar-refractivity contribution is -0.131. The Labute approximate surface area is 133 Å². The number of benzene rings is 2. The molecule has 1 N–H and O–H groups in total. The van der Waals surface area contributed by atoms with Crippen molar-refractivity contribution in [3.8, 4) is 0 Å². The molecule has 0 aliphatic rings. The van der Waals surface area contributed by atoms with E-state index in [9.17, 15) is 4.79 Å². The quantitative estimate of drug-likeness (QED) is 0.872. The van der Waals surface area contributed by atoms with Crippen LogP contribution in [0.5, 0.6) is 0 Å². The van der Waals surface area contributed by atoms with Crippen molar-refractivity contribution < 1.29 is 9.90 Å². The van der Waals surface area contributed by atoms with E-state index in [1.165, 1.54) is 0 Å². The van der Waals surface area contributed by atoms with Crippen molar-refractivity contribution in [2.45, 2.75) is 13.0 Å². The van der Waals surface area contributed by atoms with Gasteiger partial charge in [0, 0.05) is 17.6 Å². The Morgan fingerprint density at radius 2 is 1.67 bits per heavy atom. The largest absolute Gasteiger partial charge is 0.395 e. The average Bonchev–Trinajstić information content (AvgIpc) is 2.50. The molecule has 0 saturated heterocycles. The van der Waals surface area contributed by atoms with Gasteiger partial charge in [0.2, 0.25) is 5.91 Å². The fourth-order valence-electron chi connectivity index (χ4n) is 2.11. The van der Waals surface area contributed by atoms with Crippen LogP contribution in [0.4, 0.5) is 0 Å². The molecule has 110 valence electrons. The number of hydrogen-bond acceptors (Lipinski definition) is 2. The predicted molar refractivity (Wildman–Crippen MR) is 86.8 cm³/mol. The van der Waals surface area contributed by atoms with Crippen LogP contribution in [0.1, 0.15) is 11.1 Å². The normalized spacial score (nSPS) is 10.4. The zero-order valence-corrected chi connectivity index (χ0v) is 13.3. The lowest BCUT2D eigenvalue weighted by atomic mass is 10.1. The van der Waals surface area contributed by atoms with Crippen molar-refractivity contribution in [3.63, 3.8) is 0 Å². The molecule has 0 fully saturated rings. The van der Waals surface area contributed by atoms with E-state index in [1.807, 2.05) is 54.6 Å². The lowest BCUT2D eigenvalue weighted by Gasteiger charge is -2.22. The number of halogens is 1. The van der Waals surface area contributed by atoms with Gasteiger partial charge in [-0.1, -0.05) is 58.4 Å². The number of carbonyl (C=O) groups is 1. The number of rotatable bonds is 6. The number of aliphatic hydroxyl groups excluding tert-OH is 1. The second kappa shape index (κ2) is 7.96. The monoisotopic (exact) mass is 347 g/mol. The molecule has 21 heavy (non-hydrogen) atoms. The van der Waals surface area contributed by atoms with Gasteiger partial charge in [-0.05, 0) is 23.3 Å². The average molecular weight is 348 g/mol. The lowest BCUT2D eigenvalue weighted by Crippen LogP contribution is -2.34.